The Balaban J connectivity index is 1.81. The summed E-state index contributed by atoms with van der Waals surface area (Å²) >= 11 is 18.0. The molecule has 1 aliphatic rings. The molecule has 3 nitrogen and oxygen atoms in total. The molecule has 1 amide bonds. The quantitative estimate of drug-likeness (QED) is 0.724. The van der Waals surface area contributed by atoms with Gasteiger partial charge in [0, 0.05) is 16.6 Å². The molecule has 0 spiro atoms. The monoisotopic (exact) mass is 387 g/mol. The van der Waals surface area contributed by atoms with Gasteiger partial charge in [-0.25, -0.2) is 4.39 Å². The van der Waals surface area contributed by atoms with Crippen LogP contribution in [0.3, 0.4) is 0 Å². The first kappa shape index (κ1) is 17.5. The topological polar surface area (TPSA) is 29.5 Å². The normalized spacial score (nSPS) is 17.8. The minimum Gasteiger partial charge on any atom is -0.370 e. The predicted molar refractivity (Wildman–Crippen MR) is 92.5 cm³/mol. The maximum atomic E-state index is 13.2. The van der Waals surface area contributed by atoms with Gasteiger partial charge in [-0.3, -0.25) is 4.79 Å². The molecule has 1 aliphatic heterocycles. The molecule has 0 N–H and O–H groups in total. The smallest absolute Gasteiger partial charge is 0.255 e. The van der Waals surface area contributed by atoms with E-state index in [4.69, 9.17) is 39.5 Å². The highest BCUT2D eigenvalue weighted by atomic mass is 35.5. The van der Waals surface area contributed by atoms with Gasteiger partial charge in [-0.15, -0.1) is 0 Å². The minimum absolute atomic E-state index is 0.0915. The molecule has 0 unspecified atom stereocenters. The molecule has 1 saturated heterocycles. The molecule has 7 heteroatoms. The number of hydrogen-bond acceptors (Lipinski definition) is 2. The van der Waals surface area contributed by atoms with Crippen LogP contribution in [-0.4, -0.2) is 30.5 Å². The van der Waals surface area contributed by atoms with Crippen molar-refractivity contribution in [3.63, 3.8) is 0 Å². The van der Waals surface area contributed by atoms with Gasteiger partial charge >= 0.3 is 0 Å². The number of ether oxygens (including phenoxy) is 1. The van der Waals surface area contributed by atoms with E-state index in [1.54, 1.807) is 23.1 Å². The standard InChI is InChI=1S/C17H13Cl3FNO2/c18-11-5-10(6-12(19)7-11)16-9-22(3-4-24-16)17(23)14-2-1-13(21)8-15(14)20/h1-2,5-8,16H,3-4,9H2/t16-/m1/s1. The number of carbonyl (C=O) groups is 1. The van der Waals surface area contributed by atoms with Crippen LogP contribution in [0.2, 0.25) is 15.1 Å². The first-order chi connectivity index (χ1) is 11.4. The van der Waals surface area contributed by atoms with Gasteiger partial charge in [0.05, 0.1) is 23.7 Å². The summed E-state index contributed by atoms with van der Waals surface area (Å²) in [6.07, 6.45) is -0.335. The zero-order chi connectivity index (χ0) is 17.3. The van der Waals surface area contributed by atoms with Gasteiger partial charge < -0.3 is 9.64 Å². The van der Waals surface area contributed by atoms with E-state index >= 15 is 0 Å². The van der Waals surface area contributed by atoms with Crippen molar-refractivity contribution in [2.45, 2.75) is 6.10 Å². The summed E-state index contributed by atoms with van der Waals surface area (Å²) < 4.78 is 18.9. The predicted octanol–water partition coefficient (Wildman–Crippen LogP) is 5.00. The molecule has 1 fully saturated rings. The van der Waals surface area contributed by atoms with Crippen LogP contribution in [0.25, 0.3) is 0 Å². The van der Waals surface area contributed by atoms with E-state index < -0.39 is 5.82 Å². The largest absolute Gasteiger partial charge is 0.370 e. The molecule has 2 aromatic rings. The van der Waals surface area contributed by atoms with Crippen LogP contribution >= 0.6 is 34.8 Å². The molecule has 0 saturated carbocycles. The van der Waals surface area contributed by atoms with Crippen molar-refractivity contribution in [3.05, 3.63) is 68.4 Å². The van der Waals surface area contributed by atoms with Gasteiger partial charge in [-0.05, 0) is 42.0 Å². The first-order valence-electron chi connectivity index (χ1n) is 7.26. The number of benzene rings is 2. The Morgan fingerprint density at radius 2 is 1.83 bits per heavy atom. The Labute approximate surface area is 153 Å². The summed E-state index contributed by atoms with van der Waals surface area (Å²) in [6.45, 7) is 1.14. The average Bonchev–Trinajstić information content (AvgIpc) is 2.53. The number of carbonyl (C=O) groups excluding carboxylic acids is 1. The second kappa shape index (κ2) is 7.28. The van der Waals surface area contributed by atoms with Crippen molar-refractivity contribution in [1.29, 1.82) is 0 Å². The molecule has 0 aromatic heterocycles. The van der Waals surface area contributed by atoms with E-state index in [0.29, 0.717) is 29.7 Å². The van der Waals surface area contributed by atoms with E-state index in [-0.39, 0.29) is 22.6 Å². The number of amides is 1. The van der Waals surface area contributed by atoms with E-state index in [1.807, 2.05) is 0 Å². The van der Waals surface area contributed by atoms with Gasteiger partial charge in [-0.2, -0.15) is 0 Å². The highest BCUT2D eigenvalue weighted by molar-refractivity contribution is 6.34. The lowest BCUT2D eigenvalue weighted by atomic mass is 10.1. The molecule has 0 radical (unpaired) electrons. The lowest BCUT2D eigenvalue weighted by Crippen LogP contribution is -2.42. The van der Waals surface area contributed by atoms with Crippen molar-refractivity contribution in [2.75, 3.05) is 19.7 Å². The maximum Gasteiger partial charge on any atom is 0.255 e. The van der Waals surface area contributed by atoms with Crippen LogP contribution in [0, 0.1) is 5.82 Å². The van der Waals surface area contributed by atoms with Crippen molar-refractivity contribution in [3.8, 4) is 0 Å². The average molecular weight is 389 g/mol. The van der Waals surface area contributed by atoms with Crippen LogP contribution in [0.4, 0.5) is 4.39 Å². The minimum atomic E-state index is -0.482. The van der Waals surface area contributed by atoms with Crippen molar-refractivity contribution in [1.82, 2.24) is 4.90 Å². The van der Waals surface area contributed by atoms with Crippen LogP contribution < -0.4 is 0 Å². The van der Waals surface area contributed by atoms with Crippen molar-refractivity contribution in [2.24, 2.45) is 0 Å². The van der Waals surface area contributed by atoms with E-state index in [9.17, 15) is 9.18 Å². The summed E-state index contributed by atoms with van der Waals surface area (Å²) in [7, 11) is 0. The third-order valence-corrected chi connectivity index (χ3v) is 4.52. The molecular weight excluding hydrogens is 376 g/mol. The SMILES string of the molecule is O=C(c1ccc(F)cc1Cl)N1CCO[C@@H](c2cc(Cl)cc(Cl)c2)C1. The van der Waals surface area contributed by atoms with E-state index in [0.717, 1.165) is 11.6 Å². The van der Waals surface area contributed by atoms with Crippen molar-refractivity contribution < 1.29 is 13.9 Å². The molecule has 1 atom stereocenters. The number of halogens is 4. The van der Waals surface area contributed by atoms with Crippen LogP contribution in [0.1, 0.15) is 22.0 Å². The molecule has 1 heterocycles. The maximum absolute atomic E-state index is 13.2. The van der Waals surface area contributed by atoms with Crippen LogP contribution in [-0.2, 0) is 4.74 Å². The van der Waals surface area contributed by atoms with Crippen LogP contribution in [0.15, 0.2) is 36.4 Å². The second-order valence-electron chi connectivity index (χ2n) is 5.44. The molecular formula is C17H13Cl3FNO2. The Morgan fingerprint density at radius 3 is 2.50 bits per heavy atom. The molecule has 24 heavy (non-hydrogen) atoms. The third-order valence-electron chi connectivity index (χ3n) is 3.77. The van der Waals surface area contributed by atoms with Gasteiger partial charge in [0.25, 0.3) is 5.91 Å². The fourth-order valence-corrected chi connectivity index (χ4v) is 3.42. The number of hydrogen-bond donors (Lipinski definition) is 0. The first-order valence-corrected chi connectivity index (χ1v) is 8.39. The fraction of sp³-hybridized carbons (Fsp3) is 0.235. The second-order valence-corrected chi connectivity index (χ2v) is 6.72. The van der Waals surface area contributed by atoms with Gasteiger partial charge in [0.2, 0.25) is 0 Å². The summed E-state index contributed by atoms with van der Waals surface area (Å²) in [4.78, 5) is 14.3. The molecule has 0 bridgehead atoms. The lowest BCUT2D eigenvalue weighted by Gasteiger charge is -2.33. The fourth-order valence-electron chi connectivity index (χ4n) is 2.63. The van der Waals surface area contributed by atoms with Crippen molar-refractivity contribution >= 4 is 40.7 Å². The molecule has 2 aromatic carbocycles. The summed E-state index contributed by atoms with van der Waals surface area (Å²) in [6, 6.07) is 8.89. The summed E-state index contributed by atoms with van der Waals surface area (Å²) in [5.41, 5.74) is 1.07. The highest BCUT2D eigenvalue weighted by Gasteiger charge is 2.27. The molecule has 126 valence electrons. The molecule has 3 rings (SSSR count). The Morgan fingerprint density at radius 1 is 1.12 bits per heavy atom. The summed E-state index contributed by atoms with van der Waals surface area (Å²) in [5.74, 6) is -0.744. The van der Waals surface area contributed by atoms with Gasteiger partial charge in [0.15, 0.2) is 0 Å². The number of rotatable bonds is 2. The van der Waals surface area contributed by atoms with Gasteiger partial charge in [-0.1, -0.05) is 34.8 Å². The van der Waals surface area contributed by atoms with Gasteiger partial charge in [0.1, 0.15) is 11.9 Å². The van der Waals surface area contributed by atoms with E-state index in [1.165, 1.54) is 12.1 Å². The summed E-state index contributed by atoms with van der Waals surface area (Å²) in [5, 5.41) is 1.10. The Kier molecular flexibility index (Phi) is 5.30. The third kappa shape index (κ3) is 3.83. The zero-order valence-corrected chi connectivity index (χ0v) is 14.7. The van der Waals surface area contributed by atoms with Crippen LogP contribution in [0.5, 0.6) is 0 Å². The van der Waals surface area contributed by atoms with E-state index in [2.05, 4.69) is 0 Å². The lowest BCUT2D eigenvalue weighted by molar-refractivity contribution is -0.0228. The number of nitrogens with zero attached hydrogens (tertiary/aromatic N) is 1. The number of morpholine rings is 1. The molecule has 0 aliphatic carbocycles. The highest BCUT2D eigenvalue weighted by Crippen LogP contribution is 2.29. The zero-order valence-electron chi connectivity index (χ0n) is 12.4. The Hall–Kier alpha value is -1.33. The Bertz CT molecular complexity index is 764.